The zero-order valence-electron chi connectivity index (χ0n) is 18.7. The zero-order chi connectivity index (χ0) is 22.2. The number of hydrogen-bond donors (Lipinski definition) is 0. The van der Waals surface area contributed by atoms with E-state index in [9.17, 15) is 4.79 Å². The van der Waals surface area contributed by atoms with E-state index in [1.807, 2.05) is 21.7 Å². The number of aryl methyl sites for hydroxylation is 1. The van der Waals surface area contributed by atoms with Gasteiger partial charge in [-0.2, -0.15) is 5.10 Å². The molecule has 0 atom stereocenters. The summed E-state index contributed by atoms with van der Waals surface area (Å²) in [6.07, 6.45) is 1.79. The molecule has 32 heavy (non-hydrogen) atoms. The van der Waals surface area contributed by atoms with Crippen LogP contribution in [-0.4, -0.2) is 51.8 Å². The molecule has 0 N–H and O–H groups in total. The summed E-state index contributed by atoms with van der Waals surface area (Å²) < 4.78 is 1.91. The predicted octanol–water partition coefficient (Wildman–Crippen LogP) is 5.01. The van der Waals surface area contributed by atoms with E-state index in [1.54, 1.807) is 17.5 Å². The van der Waals surface area contributed by atoms with Crippen LogP contribution in [0.5, 0.6) is 0 Å². The van der Waals surface area contributed by atoms with Gasteiger partial charge in [-0.3, -0.25) is 4.79 Å². The first kappa shape index (κ1) is 20.7. The molecular formula is C25H27N5OS. The molecule has 1 aliphatic rings. The second-order valence-corrected chi connectivity index (χ2v) is 9.79. The number of benzene rings is 1. The SMILES string of the molecule is Cc1ccc(-c2cc(C(=O)N3CCN(c4ccccc4)CC3)c3cnn(C(C)C)c3n2)s1. The number of rotatable bonds is 4. The van der Waals surface area contributed by atoms with Crippen molar-refractivity contribution in [2.24, 2.45) is 0 Å². The second kappa shape index (κ2) is 8.39. The molecule has 3 aromatic heterocycles. The highest BCUT2D eigenvalue weighted by Crippen LogP contribution is 2.31. The van der Waals surface area contributed by atoms with Crippen LogP contribution < -0.4 is 4.90 Å². The molecule has 1 fully saturated rings. The van der Waals surface area contributed by atoms with E-state index >= 15 is 0 Å². The van der Waals surface area contributed by atoms with Gasteiger partial charge in [-0.05, 0) is 51.1 Å². The van der Waals surface area contributed by atoms with Crippen molar-refractivity contribution < 1.29 is 4.79 Å². The number of fused-ring (bicyclic) bond motifs is 1. The summed E-state index contributed by atoms with van der Waals surface area (Å²) in [7, 11) is 0. The van der Waals surface area contributed by atoms with Gasteiger partial charge in [0.15, 0.2) is 5.65 Å². The standard InChI is InChI=1S/C25H27N5OS/c1-17(2)30-24-21(16-26-30)20(15-22(27-24)23-10-9-18(3)32-23)25(31)29-13-11-28(12-14-29)19-7-5-4-6-8-19/h4-10,15-17H,11-14H2,1-3H3. The molecule has 164 valence electrons. The summed E-state index contributed by atoms with van der Waals surface area (Å²) in [6.45, 7) is 9.30. The number of nitrogens with zero attached hydrogens (tertiary/aromatic N) is 5. The highest BCUT2D eigenvalue weighted by molar-refractivity contribution is 7.15. The molecule has 0 spiro atoms. The van der Waals surface area contributed by atoms with Crippen molar-refractivity contribution in [1.82, 2.24) is 19.7 Å². The van der Waals surface area contributed by atoms with Gasteiger partial charge in [0.1, 0.15) is 0 Å². The Labute approximate surface area is 192 Å². The Hall–Kier alpha value is -3.19. The maximum atomic E-state index is 13.7. The molecule has 6 nitrogen and oxygen atoms in total. The lowest BCUT2D eigenvalue weighted by Crippen LogP contribution is -2.48. The molecular weight excluding hydrogens is 418 g/mol. The van der Waals surface area contributed by atoms with Crippen molar-refractivity contribution in [2.45, 2.75) is 26.8 Å². The summed E-state index contributed by atoms with van der Waals surface area (Å²) in [5.41, 5.74) is 3.51. The predicted molar refractivity (Wildman–Crippen MR) is 131 cm³/mol. The number of piperazine rings is 1. The van der Waals surface area contributed by atoms with Crippen LogP contribution in [0, 0.1) is 6.92 Å². The van der Waals surface area contributed by atoms with Crippen LogP contribution in [0.4, 0.5) is 5.69 Å². The van der Waals surface area contributed by atoms with Crippen molar-refractivity contribution in [3.05, 3.63) is 65.2 Å². The second-order valence-electron chi connectivity index (χ2n) is 8.50. The van der Waals surface area contributed by atoms with E-state index in [-0.39, 0.29) is 11.9 Å². The third-order valence-corrected chi connectivity index (χ3v) is 6.99. The Balaban J connectivity index is 1.48. The first-order valence-corrected chi connectivity index (χ1v) is 11.9. The Morgan fingerprint density at radius 1 is 1.03 bits per heavy atom. The third-order valence-electron chi connectivity index (χ3n) is 5.97. The number of carbonyl (C=O) groups excluding carboxylic acids is 1. The molecule has 0 radical (unpaired) electrons. The molecule has 0 aliphatic carbocycles. The monoisotopic (exact) mass is 445 g/mol. The van der Waals surface area contributed by atoms with Crippen molar-refractivity contribution in [3.63, 3.8) is 0 Å². The average Bonchev–Trinajstić information content (AvgIpc) is 3.45. The van der Waals surface area contributed by atoms with E-state index in [0.717, 1.165) is 34.7 Å². The van der Waals surface area contributed by atoms with Gasteiger partial charge in [-0.15, -0.1) is 11.3 Å². The lowest BCUT2D eigenvalue weighted by molar-refractivity contribution is 0.0748. The molecule has 0 unspecified atom stereocenters. The minimum absolute atomic E-state index is 0.0583. The molecule has 0 saturated carbocycles. The maximum absolute atomic E-state index is 13.7. The van der Waals surface area contributed by atoms with Crippen molar-refractivity contribution in [2.75, 3.05) is 31.1 Å². The van der Waals surface area contributed by atoms with Crippen molar-refractivity contribution in [3.8, 4) is 10.6 Å². The van der Waals surface area contributed by atoms with E-state index in [1.165, 1.54) is 10.6 Å². The normalized spacial score (nSPS) is 14.5. The number of amides is 1. The first-order valence-electron chi connectivity index (χ1n) is 11.1. The number of hydrogen-bond acceptors (Lipinski definition) is 5. The Morgan fingerprint density at radius 2 is 1.78 bits per heavy atom. The van der Waals surface area contributed by atoms with E-state index in [4.69, 9.17) is 4.98 Å². The number of anilines is 1. The third kappa shape index (κ3) is 3.77. The van der Waals surface area contributed by atoms with Crippen LogP contribution in [0.25, 0.3) is 21.6 Å². The Morgan fingerprint density at radius 3 is 2.44 bits per heavy atom. The highest BCUT2D eigenvalue weighted by Gasteiger charge is 2.26. The number of carbonyl (C=O) groups is 1. The number of pyridine rings is 1. The minimum atomic E-state index is 0.0583. The smallest absolute Gasteiger partial charge is 0.254 e. The van der Waals surface area contributed by atoms with Gasteiger partial charge in [-0.25, -0.2) is 9.67 Å². The lowest BCUT2D eigenvalue weighted by atomic mass is 10.1. The molecule has 4 heterocycles. The largest absolute Gasteiger partial charge is 0.368 e. The van der Waals surface area contributed by atoms with Crippen LogP contribution in [0.15, 0.2) is 54.7 Å². The van der Waals surface area contributed by atoms with E-state index in [2.05, 4.69) is 67.2 Å². The topological polar surface area (TPSA) is 54.3 Å². The van der Waals surface area contributed by atoms with Gasteiger partial charge < -0.3 is 9.80 Å². The number of thiophene rings is 1. The van der Waals surface area contributed by atoms with Gasteiger partial charge in [0, 0.05) is 42.8 Å². The number of para-hydroxylation sites is 1. The molecule has 1 saturated heterocycles. The fourth-order valence-corrected chi connectivity index (χ4v) is 5.08. The molecule has 1 amide bonds. The van der Waals surface area contributed by atoms with Crippen LogP contribution in [0.1, 0.15) is 35.1 Å². The minimum Gasteiger partial charge on any atom is -0.368 e. The van der Waals surface area contributed by atoms with Gasteiger partial charge in [0.2, 0.25) is 0 Å². The molecule has 7 heteroatoms. The summed E-state index contributed by atoms with van der Waals surface area (Å²) in [5, 5.41) is 5.38. The molecule has 0 bridgehead atoms. The van der Waals surface area contributed by atoms with Crippen LogP contribution in [-0.2, 0) is 0 Å². The Bertz CT molecular complexity index is 1250. The molecule has 1 aliphatic heterocycles. The fraction of sp³-hybridized carbons (Fsp3) is 0.320. The van der Waals surface area contributed by atoms with Gasteiger partial charge in [0.05, 0.1) is 27.7 Å². The van der Waals surface area contributed by atoms with E-state index < -0.39 is 0 Å². The lowest BCUT2D eigenvalue weighted by Gasteiger charge is -2.36. The maximum Gasteiger partial charge on any atom is 0.254 e. The summed E-state index contributed by atoms with van der Waals surface area (Å²) in [5.74, 6) is 0.0583. The van der Waals surface area contributed by atoms with Crippen LogP contribution >= 0.6 is 11.3 Å². The quantitative estimate of drug-likeness (QED) is 0.443. The number of aromatic nitrogens is 3. The highest BCUT2D eigenvalue weighted by atomic mass is 32.1. The Kier molecular flexibility index (Phi) is 5.43. The zero-order valence-corrected chi connectivity index (χ0v) is 19.5. The fourth-order valence-electron chi connectivity index (χ4n) is 4.25. The van der Waals surface area contributed by atoms with Crippen LogP contribution in [0.2, 0.25) is 0 Å². The summed E-state index contributed by atoms with van der Waals surface area (Å²) in [6, 6.07) is 16.7. The van der Waals surface area contributed by atoms with Crippen molar-refractivity contribution >= 4 is 34.0 Å². The van der Waals surface area contributed by atoms with Gasteiger partial charge in [-0.1, -0.05) is 18.2 Å². The first-order chi connectivity index (χ1) is 15.5. The summed E-state index contributed by atoms with van der Waals surface area (Å²) in [4.78, 5) is 25.2. The average molecular weight is 446 g/mol. The molecule has 1 aromatic carbocycles. The summed E-state index contributed by atoms with van der Waals surface area (Å²) >= 11 is 1.70. The van der Waals surface area contributed by atoms with Gasteiger partial charge in [0.25, 0.3) is 5.91 Å². The van der Waals surface area contributed by atoms with Crippen molar-refractivity contribution in [1.29, 1.82) is 0 Å². The van der Waals surface area contributed by atoms with E-state index in [0.29, 0.717) is 18.7 Å². The molecule has 5 rings (SSSR count). The molecule has 4 aromatic rings. The van der Waals surface area contributed by atoms with Crippen LogP contribution in [0.3, 0.4) is 0 Å². The van der Waals surface area contributed by atoms with Gasteiger partial charge >= 0.3 is 0 Å².